The molecule has 31 heavy (non-hydrogen) atoms. The average Bonchev–Trinajstić information content (AvgIpc) is 2.77. The molecule has 0 saturated carbocycles. The minimum absolute atomic E-state index is 0.0809. The van der Waals surface area contributed by atoms with E-state index in [4.69, 9.17) is 14.2 Å². The third-order valence-corrected chi connectivity index (χ3v) is 4.60. The van der Waals surface area contributed by atoms with Crippen LogP contribution in [0.25, 0.3) is 0 Å². The largest absolute Gasteiger partial charge is 0.507 e. The van der Waals surface area contributed by atoms with Gasteiger partial charge in [-0.2, -0.15) is 0 Å². The lowest BCUT2D eigenvalue weighted by Crippen LogP contribution is -2.26. The summed E-state index contributed by atoms with van der Waals surface area (Å²) in [5.74, 6) is -0.850. The van der Waals surface area contributed by atoms with E-state index in [1.165, 1.54) is 32.4 Å². The van der Waals surface area contributed by atoms with Gasteiger partial charge in [-0.05, 0) is 36.8 Å². The highest BCUT2D eigenvalue weighted by atomic mass is 16.5. The highest BCUT2D eigenvalue weighted by Gasteiger charge is 2.27. The van der Waals surface area contributed by atoms with Gasteiger partial charge in [-0.25, -0.2) is 4.79 Å². The molecule has 0 aliphatic rings. The van der Waals surface area contributed by atoms with Gasteiger partial charge in [0.2, 0.25) is 6.10 Å². The van der Waals surface area contributed by atoms with Crippen molar-refractivity contribution in [1.29, 1.82) is 0 Å². The molecule has 0 heterocycles. The van der Waals surface area contributed by atoms with Gasteiger partial charge < -0.3 is 24.6 Å². The molecule has 0 radical (unpaired) electrons. The topological polar surface area (TPSA) is 94.1 Å². The van der Waals surface area contributed by atoms with E-state index < -0.39 is 18.0 Å². The van der Waals surface area contributed by atoms with Crippen LogP contribution in [0.5, 0.6) is 17.2 Å². The van der Waals surface area contributed by atoms with E-state index in [9.17, 15) is 14.7 Å². The number of phenols is 1. The van der Waals surface area contributed by atoms with E-state index >= 15 is 0 Å². The molecule has 0 spiro atoms. The zero-order chi connectivity index (χ0) is 22.4. The standard InChI is InChI=1S/C24H23NO6/c1-15-9-12-21(30-3)19(13-15)25-23(27)22(16-7-5-4-6-8-16)31-24(28)18-11-10-17(29-2)14-20(18)26/h4-14,22,26H,1-3H3,(H,25,27)/t22-/m1/s1. The molecule has 2 N–H and O–H groups in total. The van der Waals surface area contributed by atoms with E-state index in [2.05, 4.69) is 5.32 Å². The van der Waals surface area contributed by atoms with Gasteiger partial charge in [-0.3, -0.25) is 4.79 Å². The van der Waals surface area contributed by atoms with Crippen molar-refractivity contribution in [3.8, 4) is 17.2 Å². The summed E-state index contributed by atoms with van der Waals surface area (Å²) in [5.41, 5.74) is 1.78. The number of carbonyl (C=O) groups is 2. The fraction of sp³-hybridized carbons (Fsp3) is 0.167. The summed E-state index contributed by atoms with van der Waals surface area (Å²) in [6, 6.07) is 18.2. The molecule has 0 aromatic heterocycles. The third kappa shape index (κ3) is 5.14. The van der Waals surface area contributed by atoms with Gasteiger partial charge in [0.15, 0.2) is 0 Å². The van der Waals surface area contributed by atoms with Gasteiger partial charge >= 0.3 is 5.97 Å². The van der Waals surface area contributed by atoms with E-state index in [1.54, 1.807) is 42.5 Å². The lowest BCUT2D eigenvalue weighted by atomic mass is 10.1. The van der Waals surface area contributed by atoms with Crippen LogP contribution < -0.4 is 14.8 Å². The smallest absolute Gasteiger partial charge is 0.343 e. The van der Waals surface area contributed by atoms with Crippen molar-refractivity contribution in [2.75, 3.05) is 19.5 Å². The first-order chi connectivity index (χ1) is 14.9. The third-order valence-electron chi connectivity index (χ3n) is 4.60. The molecular weight excluding hydrogens is 398 g/mol. The predicted octanol–water partition coefficient (Wildman–Crippen LogP) is 4.25. The van der Waals surface area contributed by atoms with Crippen LogP contribution in [0.15, 0.2) is 66.7 Å². The molecule has 1 amide bonds. The van der Waals surface area contributed by atoms with Crippen LogP contribution in [0.1, 0.15) is 27.6 Å². The van der Waals surface area contributed by atoms with E-state index in [-0.39, 0.29) is 11.3 Å². The van der Waals surface area contributed by atoms with Crippen molar-refractivity contribution in [3.63, 3.8) is 0 Å². The van der Waals surface area contributed by atoms with Gasteiger partial charge in [0.1, 0.15) is 22.8 Å². The lowest BCUT2D eigenvalue weighted by molar-refractivity contribution is -0.125. The van der Waals surface area contributed by atoms with Crippen molar-refractivity contribution in [2.45, 2.75) is 13.0 Å². The molecule has 0 saturated heterocycles. The molecule has 3 rings (SSSR count). The Morgan fingerprint density at radius 1 is 0.935 bits per heavy atom. The van der Waals surface area contributed by atoms with Crippen molar-refractivity contribution < 1.29 is 28.9 Å². The molecule has 0 bridgehead atoms. The maximum absolute atomic E-state index is 13.1. The molecule has 3 aromatic carbocycles. The summed E-state index contributed by atoms with van der Waals surface area (Å²) in [6.45, 7) is 1.89. The molecule has 3 aromatic rings. The number of rotatable bonds is 7. The summed E-state index contributed by atoms with van der Waals surface area (Å²) in [5, 5.41) is 12.9. The highest BCUT2D eigenvalue weighted by Crippen LogP contribution is 2.30. The SMILES string of the molecule is COc1ccc(C(=O)O[C@@H](C(=O)Nc2cc(C)ccc2OC)c2ccccc2)c(O)c1. The van der Waals surface area contributed by atoms with Gasteiger partial charge in [0, 0.05) is 11.6 Å². The quantitative estimate of drug-likeness (QED) is 0.554. The monoisotopic (exact) mass is 421 g/mol. The van der Waals surface area contributed by atoms with Crippen LogP contribution >= 0.6 is 0 Å². The van der Waals surface area contributed by atoms with Crippen molar-refractivity contribution >= 4 is 17.6 Å². The molecule has 7 heteroatoms. The maximum Gasteiger partial charge on any atom is 0.343 e. The number of ether oxygens (including phenoxy) is 3. The number of nitrogens with one attached hydrogen (secondary N) is 1. The number of hydrogen-bond acceptors (Lipinski definition) is 6. The van der Waals surface area contributed by atoms with Gasteiger partial charge in [0.05, 0.1) is 19.9 Å². The van der Waals surface area contributed by atoms with Crippen LogP contribution in [0, 0.1) is 6.92 Å². The van der Waals surface area contributed by atoms with E-state index in [0.717, 1.165) is 5.56 Å². The number of benzene rings is 3. The van der Waals surface area contributed by atoms with Crippen LogP contribution in [0.4, 0.5) is 5.69 Å². The first-order valence-electron chi connectivity index (χ1n) is 9.51. The number of anilines is 1. The molecule has 0 unspecified atom stereocenters. The first-order valence-corrected chi connectivity index (χ1v) is 9.51. The Morgan fingerprint density at radius 3 is 2.32 bits per heavy atom. The normalized spacial score (nSPS) is 11.3. The Hall–Kier alpha value is -4.00. The summed E-state index contributed by atoms with van der Waals surface area (Å²) in [7, 11) is 2.95. The Kier molecular flexibility index (Phi) is 6.77. The number of hydrogen-bond donors (Lipinski definition) is 2. The zero-order valence-electron chi connectivity index (χ0n) is 17.4. The maximum atomic E-state index is 13.1. The average molecular weight is 421 g/mol. The van der Waals surface area contributed by atoms with Crippen LogP contribution in [-0.2, 0) is 9.53 Å². The number of amides is 1. The molecule has 160 valence electrons. The number of esters is 1. The van der Waals surface area contributed by atoms with Crippen LogP contribution in [-0.4, -0.2) is 31.2 Å². The Balaban J connectivity index is 1.90. The second-order valence-corrected chi connectivity index (χ2v) is 6.77. The number of aromatic hydroxyl groups is 1. The van der Waals surface area contributed by atoms with Crippen LogP contribution in [0.3, 0.4) is 0 Å². The number of methoxy groups -OCH3 is 2. The summed E-state index contributed by atoms with van der Waals surface area (Å²) in [4.78, 5) is 25.9. The molecule has 1 atom stereocenters. The molecule has 0 aliphatic heterocycles. The minimum atomic E-state index is -1.25. The first kappa shape index (κ1) is 21.7. The summed E-state index contributed by atoms with van der Waals surface area (Å²) in [6.07, 6.45) is -1.25. The van der Waals surface area contributed by atoms with E-state index in [0.29, 0.717) is 22.7 Å². The van der Waals surface area contributed by atoms with E-state index in [1.807, 2.05) is 13.0 Å². The second kappa shape index (κ2) is 9.67. The fourth-order valence-electron chi connectivity index (χ4n) is 3.00. The number of aryl methyl sites for hydroxylation is 1. The number of phenolic OH excluding ortho intramolecular Hbond substituents is 1. The lowest BCUT2D eigenvalue weighted by Gasteiger charge is -2.19. The Bertz CT molecular complexity index is 1080. The van der Waals surface area contributed by atoms with Crippen molar-refractivity contribution in [2.24, 2.45) is 0 Å². The Morgan fingerprint density at radius 2 is 1.68 bits per heavy atom. The summed E-state index contributed by atoms with van der Waals surface area (Å²) >= 11 is 0. The molecule has 0 aliphatic carbocycles. The minimum Gasteiger partial charge on any atom is -0.507 e. The van der Waals surface area contributed by atoms with Crippen molar-refractivity contribution in [3.05, 3.63) is 83.4 Å². The molecule has 7 nitrogen and oxygen atoms in total. The zero-order valence-corrected chi connectivity index (χ0v) is 17.4. The molecule has 0 fully saturated rings. The second-order valence-electron chi connectivity index (χ2n) is 6.77. The fourth-order valence-corrected chi connectivity index (χ4v) is 3.00. The number of carbonyl (C=O) groups excluding carboxylic acids is 2. The summed E-state index contributed by atoms with van der Waals surface area (Å²) < 4.78 is 15.9. The van der Waals surface area contributed by atoms with Crippen LogP contribution in [0.2, 0.25) is 0 Å². The predicted molar refractivity (Wildman–Crippen MR) is 116 cm³/mol. The molecular formula is C24H23NO6. The van der Waals surface area contributed by atoms with Gasteiger partial charge in [-0.15, -0.1) is 0 Å². The van der Waals surface area contributed by atoms with Gasteiger partial charge in [0.25, 0.3) is 5.91 Å². The van der Waals surface area contributed by atoms with Crippen molar-refractivity contribution in [1.82, 2.24) is 0 Å². The highest BCUT2D eigenvalue weighted by molar-refractivity contribution is 5.99. The Labute approximate surface area is 180 Å². The van der Waals surface area contributed by atoms with Gasteiger partial charge in [-0.1, -0.05) is 36.4 Å².